The lowest BCUT2D eigenvalue weighted by Crippen LogP contribution is -2.47. The Morgan fingerprint density at radius 2 is 2.09 bits per heavy atom. The molecule has 1 aromatic rings. The van der Waals surface area contributed by atoms with Crippen molar-refractivity contribution in [3.05, 3.63) is 30.1 Å². The van der Waals surface area contributed by atoms with Crippen LogP contribution in [0.2, 0.25) is 0 Å². The molecule has 0 bridgehead atoms. The quantitative estimate of drug-likeness (QED) is 0.848. The highest BCUT2D eigenvalue weighted by atomic mass is 16.2. The predicted molar refractivity (Wildman–Crippen MR) is 82.3 cm³/mol. The third kappa shape index (κ3) is 3.27. The molecule has 0 aromatic carbocycles. The normalized spacial score (nSPS) is 20.1. The minimum absolute atomic E-state index is 0.00918. The van der Waals surface area contributed by atoms with Crippen LogP contribution in [0.3, 0.4) is 0 Å². The number of hydrogen-bond acceptors (Lipinski definition) is 4. The highest BCUT2D eigenvalue weighted by Crippen LogP contribution is 2.36. The van der Waals surface area contributed by atoms with Crippen molar-refractivity contribution in [2.45, 2.75) is 19.3 Å². The van der Waals surface area contributed by atoms with E-state index in [9.17, 15) is 9.59 Å². The number of carbonyl (C=O) groups excluding carboxylic acids is 2. The van der Waals surface area contributed by atoms with E-state index in [1.165, 1.54) is 6.42 Å². The summed E-state index contributed by atoms with van der Waals surface area (Å²) in [5, 5.41) is 6.07. The molecule has 6 nitrogen and oxygen atoms in total. The fourth-order valence-electron chi connectivity index (χ4n) is 3.31. The minimum Gasteiger partial charge on any atom is -0.342 e. The molecule has 2 aliphatic rings. The van der Waals surface area contributed by atoms with Gasteiger partial charge in [0.05, 0.1) is 6.54 Å². The van der Waals surface area contributed by atoms with Crippen LogP contribution < -0.4 is 10.6 Å². The average molecular weight is 302 g/mol. The average Bonchev–Trinajstić information content (AvgIpc) is 3.02. The van der Waals surface area contributed by atoms with Gasteiger partial charge >= 0.3 is 0 Å². The topological polar surface area (TPSA) is 74.3 Å². The predicted octanol–water partition coefficient (Wildman–Crippen LogP) is 0.414. The van der Waals surface area contributed by atoms with Crippen molar-refractivity contribution >= 4 is 11.8 Å². The first-order chi connectivity index (χ1) is 10.7. The second-order valence-corrected chi connectivity index (χ2v) is 6.21. The van der Waals surface area contributed by atoms with E-state index < -0.39 is 0 Å². The standard InChI is InChI=1S/C16H22N4O2/c21-14(11-19-15(22)13-3-1-2-7-18-13)20-9-5-16(6-10-20)4-8-17-12-16/h1-3,7,17H,4-6,8-12H2,(H,19,22). The highest BCUT2D eigenvalue weighted by molar-refractivity contribution is 5.94. The van der Waals surface area contributed by atoms with Gasteiger partial charge in [-0.2, -0.15) is 0 Å². The van der Waals surface area contributed by atoms with Crippen molar-refractivity contribution in [3.63, 3.8) is 0 Å². The molecule has 1 aromatic heterocycles. The monoisotopic (exact) mass is 302 g/mol. The van der Waals surface area contributed by atoms with Crippen LogP contribution in [0.5, 0.6) is 0 Å². The van der Waals surface area contributed by atoms with Gasteiger partial charge in [0.2, 0.25) is 5.91 Å². The van der Waals surface area contributed by atoms with Crippen molar-refractivity contribution in [1.82, 2.24) is 20.5 Å². The lowest BCUT2D eigenvalue weighted by atomic mass is 9.78. The Hall–Kier alpha value is -1.95. The Bertz CT molecular complexity index is 530. The molecule has 2 fully saturated rings. The van der Waals surface area contributed by atoms with E-state index in [0.29, 0.717) is 11.1 Å². The van der Waals surface area contributed by atoms with Gasteiger partial charge in [0.25, 0.3) is 5.91 Å². The first-order valence-corrected chi connectivity index (χ1v) is 7.86. The Balaban J connectivity index is 1.46. The van der Waals surface area contributed by atoms with Gasteiger partial charge in [0.15, 0.2) is 0 Å². The maximum atomic E-state index is 12.2. The van der Waals surface area contributed by atoms with Crippen LogP contribution in [0.25, 0.3) is 0 Å². The van der Waals surface area contributed by atoms with Crippen LogP contribution >= 0.6 is 0 Å². The molecule has 0 aliphatic carbocycles. The summed E-state index contributed by atoms with van der Waals surface area (Å²) in [6, 6.07) is 5.14. The Morgan fingerprint density at radius 1 is 1.27 bits per heavy atom. The first-order valence-electron chi connectivity index (χ1n) is 7.86. The SMILES string of the molecule is O=C(NCC(=O)N1CCC2(CCNC2)CC1)c1ccccn1. The molecule has 1 spiro atoms. The largest absolute Gasteiger partial charge is 0.342 e. The van der Waals surface area contributed by atoms with Gasteiger partial charge in [0.1, 0.15) is 5.69 Å². The molecule has 3 heterocycles. The number of nitrogens with one attached hydrogen (secondary N) is 2. The van der Waals surface area contributed by atoms with Crippen molar-refractivity contribution < 1.29 is 9.59 Å². The minimum atomic E-state index is -0.303. The number of nitrogens with zero attached hydrogens (tertiary/aromatic N) is 2. The smallest absolute Gasteiger partial charge is 0.270 e. The van der Waals surface area contributed by atoms with E-state index in [-0.39, 0.29) is 18.4 Å². The molecule has 0 atom stereocenters. The van der Waals surface area contributed by atoms with Crippen LogP contribution in [-0.4, -0.2) is 54.4 Å². The summed E-state index contributed by atoms with van der Waals surface area (Å²) in [7, 11) is 0. The van der Waals surface area contributed by atoms with E-state index in [0.717, 1.165) is 39.0 Å². The second-order valence-electron chi connectivity index (χ2n) is 6.21. The first kappa shape index (κ1) is 15.0. The van der Waals surface area contributed by atoms with E-state index in [4.69, 9.17) is 0 Å². The third-order valence-corrected chi connectivity index (χ3v) is 4.81. The van der Waals surface area contributed by atoms with E-state index in [2.05, 4.69) is 15.6 Å². The fourth-order valence-corrected chi connectivity index (χ4v) is 3.31. The van der Waals surface area contributed by atoms with Gasteiger partial charge in [-0.25, -0.2) is 0 Å². The number of rotatable bonds is 3. The summed E-state index contributed by atoms with van der Waals surface area (Å²) in [6.07, 6.45) is 4.89. The van der Waals surface area contributed by atoms with Crippen molar-refractivity contribution in [3.8, 4) is 0 Å². The van der Waals surface area contributed by atoms with E-state index >= 15 is 0 Å². The number of piperidine rings is 1. The second kappa shape index (κ2) is 6.44. The van der Waals surface area contributed by atoms with Crippen LogP contribution in [0.15, 0.2) is 24.4 Å². The van der Waals surface area contributed by atoms with Crippen LogP contribution in [-0.2, 0) is 4.79 Å². The van der Waals surface area contributed by atoms with Gasteiger partial charge in [-0.1, -0.05) is 6.07 Å². The Kier molecular flexibility index (Phi) is 4.38. The molecule has 2 aliphatic heterocycles. The van der Waals surface area contributed by atoms with Gasteiger partial charge in [-0.3, -0.25) is 14.6 Å². The van der Waals surface area contributed by atoms with Gasteiger partial charge in [-0.15, -0.1) is 0 Å². The molecular formula is C16H22N4O2. The number of carbonyl (C=O) groups is 2. The van der Waals surface area contributed by atoms with Crippen LogP contribution in [0.4, 0.5) is 0 Å². The van der Waals surface area contributed by atoms with Crippen molar-refractivity contribution in [2.24, 2.45) is 5.41 Å². The lowest BCUT2D eigenvalue weighted by Gasteiger charge is -2.38. The molecule has 22 heavy (non-hydrogen) atoms. The van der Waals surface area contributed by atoms with Gasteiger partial charge in [0, 0.05) is 25.8 Å². The summed E-state index contributed by atoms with van der Waals surface area (Å²) in [6.45, 7) is 3.79. The van der Waals surface area contributed by atoms with E-state index in [1.807, 2.05) is 4.90 Å². The molecule has 118 valence electrons. The summed E-state index contributed by atoms with van der Waals surface area (Å²) < 4.78 is 0. The zero-order valence-corrected chi connectivity index (χ0v) is 12.7. The lowest BCUT2D eigenvalue weighted by molar-refractivity contribution is -0.132. The number of likely N-dealkylation sites (tertiary alicyclic amines) is 1. The van der Waals surface area contributed by atoms with Crippen molar-refractivity contribution in [2.75, 3.05) is 32.7 Å². The summed E-state index contributed by atoms with van der Waals surface area (Å²) >= 11 is 0. The van der Waals surface area contributed by atoms with Gasteiger partial charge < -0.3 is 15.5 Å². The van der Waals surface area contributed by atoms with Crippen LogP contribution in [0, 0.1) is 5.41 Å². The zero-order valence-electron chi connectivity index (χ0n) is 12.7. The Labute approximate surface area is 130 Å². The van der Waals surface area contributed by atoms with Gasteiger partial charge in [-0.05, 0) is 43.4 Å². The molecule has 6 heteroatoms. The number of hydrogen-bond donors (Lipinski definition) is 2. The molecule has 2 saturated heterocycles. The maximum Gasteiger partial charge on any atom is 0.270 e. The molecule has 0 saturated carbocycles. The molecule has 3 rings (SSSR count). The van der Waals surface area contributed by atoms with Crippen LogP contribution in [0.1, 0.15) is 29.8 Å². The summed E-state index contributed by atoms with van der Waals surface area (Å²) in [5.41, 5.74) is 0.735. The molecule has 2 amide bonds. The summed E-state index contributed by atoms with van der Waals surface area (Å²) in [4.78, 5) is 29.9. The number of amides is 2. The highest BCUT2D eigenvalue weighted by Gasteiger charge is 2.37. The molecule has 0 unspecified atom stereocenters. The molecule has 0 radical (unpaired) electrons. The number of aromatic nitrogens is 1. The summed E-state index contributed by atoms with van der Waals surface area (Å²) in [5.74, 6) is -0.312. The maximum absolute atomic E-state index is 12.2. The molecule has 2 N–H and O–H groups in total. The molecular weight excluding hydrogens is 280 g/mol. The number of pyridine rings is 1. The third-order valence-electron chi connectivity index (χ3n) is 4.81. The van der Waals surface area contributed by atoms with E-state index in [1.54, 1.807) is 24.4 Å². The zero-order chi connectivity index (χ0) is 15.4. The van der Waals surface area contributed by atoms with Crippen molar-refractivity contribution in [1.29, 1.82) is 0 Å². The fraction of sp³-hybridized carbons (Fsp3) is 0.562. The Morgan fingerprint density at radius 3 is 2.73 bits per heavy atom.